The largest absolute Gasteiger partial charge is 0.368 e. The molecular formula is C16H26N2. The summed E-state index contributed by atoms with van der Waals surface area (Å²) in [5.74, 6) is 0.652. The molecule has 18 heavy (non-hydrogen) atoms. The first-order valence-electron chi connectivity index (χ1n) is 7.30. The highest BCUT2D eigenvalue weighted by Gasteiger charge is 2.31. The van der Waals surface area contributed by atoms with Crippen molar-refractivity contribution in [2.45, 2.75) is 46.1 Å². The van der Waals surface area contributed by atoms with Gasteiger partial charge in [0, 0.05) is 18.3 Å². The summed E-state index contributed by atoms with van der Waals surface area (Å²) in [5.41, 5.74) is 10.3. The van der Waals surface area contributed by atoms with Gasteiger partial charge in [-0.3, -0.25) is 0 Å². The van der Waals surface area contributed by atoms with E-state index in [2.05, 4.69) is 43.9 Å². The van der Waals surface area contributed by atoms with Gasteiger partial charge in [-0.05, 0) is 49.8 Å². The molecular weight excluding hydrogens is 220 g/mol. The topological polar surface area (TPSA) is 29.3 Å². The molecule has 0 saturated carbocycles. The lowest BCUT2D eigenvalue weighted by Gasteiger charge is -2.30. The molecule has 2 unspecified atom stereocenters. The van der Waals surface area contributed by atoms with Gasteiger partial charge < -0.3 is 10.6 Å². The van der Waals surface area contributed by atoms with E-state index in [1.165, 1.54) is 23.2 Å². The van der Waals surface area contributed by atoms with Crippen molar-refractivity contribution in [3.8, 4) is 0 Å². The number of benzene rings is 1. The molecule has 0 spiro atoms. The van der Waals surface area contributed by atoms with Gasteiger partial charge in [0.25, 0.3) is 0 Å². The van der Waals surface area contributed by atoms with Gasteiger partial charge >= 0.3 is 0 Å². The zero-order valence-electron chi connectivity index (χ0n) is 11.9. The number of aryl methyl sites for hydroxylation is 2. The molecule has 0 amide bonds. The second kappa shape index (κ2) is 5.75. The van der Waals surface area contributed by atoms with Crippen LogP contribution >= 0.6 is 0 Å². The number of nitrogens with zero attached hydrogens (tertiary/aromatic N) is 1. The smallest absolute Gasteiger partial charge is 0.0433 e. The van der Waals surface area contributed by atoms with Crippen LogP contribution < -0.4 is 10.6 Å². The minimum absolute atomic E-state index is 0.577. The van der Waals surface area contributed by atoms with E-state index in [0.717, 1.165) is 25.9 Å². The molecule has 2 rings (SSSR count). The van der Waals surface area contributed by atoms with Gasteiger partial charge in [-0.15, -0.1) is 0 Å². The normalized spacial score (nSPS) is 23.7. The van der Waals surface area contributed by atoms with Crippen LogP contribution in [0.15, 0.2) is 18.2 Å². The molecule has 1 fully saturated rings. The van der Waals surface area contributed by atoms with Crippen LogP contribution in [0.4, 0.5) is 5.69 Å². The molecule has 0 aromatic heterocycles. The number of anilines is 1. The van der Waals surface area contributed by atoms with Gasteiger partial charge in [0.05, 0.1) is 0 Å². The summed E-state index contributed by atoms with van der Waals surface area (Å²) < 4.78 is 0. The molecule has 1 aliphatic rings. The summed E-state index contributed by atoms with van der Waals surface area (Å²) in [5, 5.41) is 0. The monoisotopic (exact) mass is 246 g/mol. The minimum Gasteiger partial charge on any atom is -0.368 e. The van der Waals surface area contributed by atoms with Crippen molar-refractivity contribution in [1.82, 2.24) is 0 Å². The predicted octanol–water partition coefficient (Wildman–Crippen LogP) is 2.98. The van der Waals surface area contributed by atoms with Gasteiger partial charge in [0.15, 0.2) is 0 Å². The molecule has 1 aliphatic heterocycles. The van der Waals surface area contributed by atoms with Crippen LogP contribution in [0.5, 0.6) is 0 Å². The SMILES string of the molecule is CCc1cccc(CC)c1N1CCC(CN)C1C. The Balaban J connectivity index is 2.38. The first-order valence-corrected chi connectivity index (χ1v) is 7.30. The lowest BCUT2D eigenvalue weighted by Crippen LogP contribution is -2.33. The van der Waals surface area contributed by atoms with Crippen LogP contribution in [-0.2, 0) is 12.8 Å². The van der Waals surface area contributed by atoms with Crippen LogP contribution in [0.25, 0.3) is 0 Å². The van der Waals surface area contributed by atoms with Gasteiger partial charge in [0.1, 0.15) is 0 Å². The summed E-state index contributed by atoms with van der Waals surface area (Å²) >= 11 is 0. The summed E-state index contributed by atoms with van der Waals surface area (Å²) in [6, 6.07) is 7.32. The first kappa shape index (κ1) is 13.4. The predicted molar refractivity (Wildman–Crippen MR) is 79.2 cm³/mol. The third-order valence-electron chi connectivity index (χ3n) is 4.47. The van der Waals surface area contributed by atoms with Gasteiger partial charge in [-0.25, -0.2) is 0 Å². The maximum absolute atomic E-state index is 5.88. The molecule has 2 nitrogen and oxygen atoms in total. The fourth-order valence-electron chi connectivity index (χ4n) is 3.22. The molecule has 2 atom stereocenters. The summed E-state index contributed by atoms with van der Waals surface area (Å²) in [7, 11) is 0. The second-order valence-corrected chi connectivity index (χ2v) is 5.35. The van der Waals surface area contributed by atoms with Gasteiger partial charge in [-0.1, -0.05) is 32.0 Å². The van der Waals surface area contributed by atoms with E-state index in [1.807, 2.05) is 0 Å². The number of hydrogen-bond donors (Lipinski definition) is 1. The minimum atomic E-state index is 0.577. The van der Waals surface area contributed by atoms with E-state index in [0.29, 0.717) is 12.0 Å². The zero-order valence-corrected chi connectivity index (χ0v) is 11.9. The Morgan fingerprint density at radius 2 is 1.83 bits per heavy atom. The Morgan fingerprint density at radius 3 is 2.28 bits per heavy atom. The molecule has 1 saturated heterocycles. The Hall–Kier alpha value is -1.02. The van der Waals surface area contributed by atoms with Crippen LogP contribution in [0.1, 0.15) is 38.3 Å². The van der Waals surface area contributed by atoms with Crippen molar-refractivity contribution in [2.75, 3.05) is 18.0 Å². The van der Waals surface area contributed by atoms with Crippen LogP contribution in [0.3, 0.4) is 0 Å². The maximum atomic E-state index is 5.88. The Kier molecular flexibility index (Phi) is 4.28. The molecule has 1 aromatic carbocycles. The Labute approximate surface area is 111 Å². The Bertz CT molecular complexity index is 378. The van der Waals surface area contributed by atoms with Crippen molar-refractivity contribution in [3.05, 3.63) is 29.3 Å². The molecule has 100 valence electrons. The highest BCUT2D eigenvalue weighted by molar-refractivity contribution is 5.61. The number of rotatable bonds is 4. The van der Waals surface area contributed by atoms with Crippen LogP contribution in [0, 0.1) is 5.92 Å². The van der Waals surface area contributed by atoms with Crippen molar-refractivity contribution in [2.24, 2.45) is 11.7 Å². The fourth-order valence-corrected chi connectivity index (χ4v) is 3.22. The lowest BCUT2D eigenvalue weighted by atomic mass is 9.99. The molecule has 0 bridgehead atoms. The number of nitrogens with two attached hydrogens (primary N) is 1. The molecule has 2 N–H and O–H groups in total. The first-order chi connectivity index (χ1) is 8.72. The van der Waals surface area contributed by atoms with Gasteiger partial charge in [0.2, 0.25) is 0 Å². The summed E-state index contributed by atoms with van der Waals surface area (Å²) in [6.07, 6.45) is 3.46. The van der Waals surface area contributed by atoms with Crippen LogP contribution in [0.2, 0.25) is 0 Å². The van der Waals surface area contributed by atoms with Gasteiger partial charge in [-0.2, -0.15) is 0 Å². The van der Waals surface area contributed by atoms with E-state index >= 15 is 0 Å². The highest BCUT2D eigenvalue weighted by Crippen LogP contribution is 2.34. The zero-order chi connectivity index (χ0) is 13.1. The van der Waals surface area contributed by atoms with Crippen molar-refractivity contribution >= 4 is 5.69 Å². The van der Waals surface area contributed by atoms with E-state index in [4.69, 9.17) is 5.73 Å². The van der Waals surface area contributed by atoms with E-state index in [1.54, 1.807) is 0 Å². The lowest BCUT2D eigenvalue weighted by molar-refractivity contribution is 0.508. The van der Waals surface area contributed by atoms with E-state index < -0.39 is 0 Å². The second-order valence-electron chi connectivity index (χ2n) is 5.35. The number of hydrogen-bond acceptors (Lipinski definition) is 2. The Morgan fingerprint density at radius 1 is 1.22 bits per heavy atom. The van der Waals surface area contributed by atoms with Crippen molar-refractivity contribution < 1.29 is 0 Å². The third kappa shape index (κ3) is 2.26. The summed E-state index contributed by atoms with van der Waals surface area (Å²) in [6.45, 7) is 8.80. The molecule has 0 aliphatic carbocycles. The quantitative estimate of drug-likeness (QED) is 0.885. The van der Waals surface area contributed by atoms with E-state index in [9.17, 15) is 0 Å². The van der Waals surface area contributed by atoms with E-state index in [-0.39, 0.29) is 0 Å². The van der Waals surface area contributed by atoms with Crippen molar-refractivity contribution in [1.29, 1.82) is 0 Å². The molecule has 0 radical (unpaired) electrons. The molecule has 2 heteroatoms. The molecule has 1 heterocycles. The standard InChI is InChI=1S/C16H26N2/c1-4-13-7-6-8-14(5-2)16(13)18-10-9-15(11-17)12(18)3/h6-8,12,15H,4-5,9-11,17H2,1-3H3. The van der Waals surface area contributed by atoms with Crippen molar-refractivity contribution in [3.63, 3.8) is 0 Å². The maximum Gasteiger partial charge on any atom is 0.0433 e. The average Bonchev–Trinajstić information content (AvgIpc) is 2.78. The average molecular weight is 246 g/mol. The third-order valence-corrected chi connectivity index (χ3v) is 4.47. The fraction of sp³-hybridized carbons (Fsp3) is 0.625. The highest BCUT2D eigenvalue weighted by atomic mass is 15.2. The number of para-hydroxylation sites is 1. The summed E-state index contributed by atoms with van der Waals surface area (Å²) in [4.78, 5) is 2.59. The molecule has 1 aromatic rings. The van der Waals surface area contributed by atoms with Crippen LogP contribution in [-0.4, -0.2) is 19.1 Å².